The van der Waals surface area contributed by atoms with E-state index in [1.165, 1.54) is 17.0 Å². The molecular weight excluding hydrogens is 535 g/mol. The first-order chi connectivity index (χ1) is 19.1. The predicted molar refractivity (Wildman–Crippen MR) is 154 cm³/mol. The van der Waals surface area contributed by atoms with Crippen LogP contribution < -0.4 is 20.7 Å². The van der Waals surface area contributed by atoms with Crippen LogP contribution in [0.4, 0.5) is 4.39 Å². The van der Waals surface area contributed by atoms with Gasteiger partial charge in [0.25, 0.3) is 0 Å². The van der Waals surface area contributed by atoms with Gasteiger partial charge in [0.1, 0.15) is 29.8 Å². The van der Waals surface area contributed by atoms with Gasteiger partial charge in [0.2, 0.25) is 17.7 Å². The van der Waals surface area contributed by atoms with Crippen molar-refractivity contribution in [3.63, 3.8) is 0 Å². The quantitative estimate of drug-likeness (QED) is 0.518. The number of nitrogens with one attached hydrogen (secondary N) is 3. The van der Waals surface area contributed by atoms with Gasteiger partial charge in [-0.15, -0.1) is 0 Å². The lowest BCUT2D eigenvalue weighted by Gasteiger charge is -2.30. The predicted octanol–water partition coefficient (Wildman–Crippen LogP) is 3.64. The van der Waals surface area contributed by atoms with Gasteiger partial charge in [-0.05, 0) is 68.5 Å². The van der Waals surface area contributed by atoms with Crippen LogP contribution in [0.25, 0.3) is 0 Å². The molecule has 0 bridgehead atoms. The van der Waals surface area contributed by atoms with Crippen LogP contribution in [-0.2, 0) is 27.2 Å². The Kier molecular flexibility index (Phi) is 11.8. The van der Waals surface area contributed by atoms with E-state index in [-0.39, 0.29) is 30.2 Å². The Morgan fingerprint density at radius 3 is 2.48 bits per heavy atom. The van der Waals surface area contributed by atoms with Gasteiger partial charge in [-0.3, -0.25) is 14.4 Å². The number of benzene rings is 2. The van der Waals surface area contributed by atoms with Gasteiger partial charge < -0.3 is 25.6 Å². The zero-order chi connectivity index (χ0) is 29.2. The van der Waals surface area contributed by atoms with Crippen LogP contribution in [0.2, 0.25) is 5.02 Å². The van der Waals surface area contributed by atoms with Crippen molar-refractivity contribution in [1.29, 1.82) is 0 Å². The SMILES string of the molecule is CCC[C@@H]1NC[C@@H](C)Oc2cc(Cl)ccc2CCCNC(=O)[C@@H](Cc2ccc(F)cc2)NC(=O)[C@@H](C)N(C)C1=O. The van der Waals surface area contributed by atoms with Crippen molar-refractivity contribution in [2.75, 3.05) is 20.1 Å². The third-order valence-electron chi connectivity index (χ3n) is 7.10. The van der Waals surface area contributed by atoms with Gasteiger partial charge in [-0.2, -0.15) is 0 Å². The number of hydrogen-bond donors (Lipinski definition) is 3. The molecule has 0 aliphatic carbocycles. The van der Waals surface area contributed by atoms with Crippen molar-refractivity contribution < 1.29 is 23.5 Å². The summed E-state index contributed by atoms with van der Waals surface area (Å²) in [6.45, 7) is 6.35. The third kappa shape index (κ3) is 8.93. The highest BCUT2D eigenvalue weighted by Crippen LogP contribution is 2.26. The minimum Gasteiger partial charge on any atom is -0.489 e. The number of carbonyl (C=O) groups excluding carboxylic acids is 3. The molecule has 1 aliphatic rings. The number of carbonyl (C=O) groups is 3. The summed E-state index contributed by atoms with van der Waals surface area (Å²) >= 11 is 6.25. The number of amides is 3. The highest BCUT2D eigenvalue weighted by molar-refractivity contribution is 6.30. The van der Waals surface area contributed by atoms with Crippen LogP contribution in [0.5, 0.6) is 5.75 Å². The van der Waals surface area contributed by atoms with Crippen molar-refractivity contribution in [3.8, 4) is 5.75 Å². The zero-order valence-corrected chi connectivity index (χ0v) is 24.4. The van der Waals surface area contributed by atoms with E-state index in [9.17, 15) is 18.8 Å². The summed E-state index contributed by atoms with van der Waals surface area (Å²) < 4.78 is 19.7. The topological polar surface area (TPSA) is 99.8 Å². The molecule has 0 fully saturated rings. The molecule has 0 unspecified atom stereocenters. The lowest BCUT2D eigenvalue weighted by molar-refractivity contribution is -0.141. The van der Waals surface area contributed by atoms with Crippen molar-refractivity contribution in [2.45, 2.75) is 77.1 Å². The smallest absolute Gasteiger partial charge is 0.243 e. The zero-order valence-electron chi connectivity index (χ0n) is 23.6. The minimum absolute atomic E-state index is 0.176. The molecule has 2 aromatic rings. The van der Waals surface area contributed by atoms with E-state index in [1.807, 2.05) is 19.9 Å². The fourth-order valence-corrected chi connectivity index (χ4v) is 4.76. The number of likely N-dealkylation sites (N-methyl/N-ethyl adjacent to an activating group) is 1. The maximum absolute atomic E-state index is 13.5. The molecule has 10 heteroatoms. The van der Waals surface area contributed by atoms with Crippen molar-refractivity contribution in [1.82, 2.24) is 20.9 Å². The molecule has 0 spiro atoms. The molecule has 0 saturated heterocycles. The van der Waals surface area contributed by atoms with E-state index in [4.69, 9.17) is 16.3 Å². The van der Waals surface area contributed by atoms with Gasteiger partial charge in [0.15, 0.2) is 0 Å². The average Bonchev–Trinajstić information content (AvgIpc) is 2.93. The normalized spacial score (nSPS) is 23.8. The molecular formula is C30H40ClFN4O4. The lowest BCUT2D eigenvalue weighted by Crippen LogP contribution is -2.56. The molecule has 8 nitrogen and oxygen atoms in total. The van der Waals surface area contributed by atoms with Crippen molar-refractivity contribution >= 4 is 29.3 Å². The Morgan fingerprint density at radius 2 is 1.77 bits per heavy atom. The van der Waals surface area contributed by atoms with E-state index in [0.29, 0.717) is 48.7 Å². The van der Waals surface area contributed by atoms with Gasteiger partial charge in [0.05, 0.1) is 6.04 Å². The van der Waals surface area contributed by atoms with E-state index < -0.39 is 24.0 Å². The Labute approximate surface area is 241 Å². The summed E-state index contributed by atoms with van der Waals surface area (Å²) in [6.07, 6.45) is 2.56. The molecule has 3 rings (SSSR count). The van der Waals surface area contributed by atoms with Crippen LogP contribution in [0.1, 0.15) is 51.2 Å². The summed E-state index contributed by atoms with van der Waals surface area (Å²) in [7, 11) is 1.59. The monoisotopic (exact) mass is 574 g/mol. The molecule has 1 aliphatic heterocycles. The van der Waals surface area contributed by atoms with E-state index >= 15 is 0 Å². The van der Waals surface area contributed by atoms with Crippen LogP contribution in [0.3, 0.4) is 0 Å². The summed E-state index contributed by atoms with van der Waals surface area (Å²) in [6, 6.07) is 9.08. The molecule has 3 amide bonds. The molecule has 4 atom stereocenters. The van der Waals surface area contributed by atoms with E-state index in [2.05, 4.69) is 16.0 Å². The van der Waals surface area contributed by atoms with Crippen LogP contribution in [0, 0.1) is 5.82 Å². The summed E-state index contributed by atoms with van der Waals surface area (Å²) in [5.41, 5.74) is 1.66. The molecule has 218 valence electrons. The van der Waals surface area contributed by atoms with Crippen LogP contribution in [0.15, 0.2) is 42.5 Å². The largest absolute Gasteiger partial charge is 0.489 e. The first-order valence-corrected chi connectivity index (χ1v) is 14.2. The van der Waals surface area contributed by atoms with Gasteiger partial charge in [-0.25, -0.2) is 4.39 Å². The maximum Gasteiger partial charge on any atom is 0.243 e. The molecule has 3 N–H and O–H groups in total. The second-order valence-electron chi connectivity index (χ2n) is 10.3. The van der Waals surface area contributed by atoms with E-state index in [0.717, 1.165) is 12.0 Å². The average molecular weight is 575 g/mol. The van der Waals surface area contributed by atoms with Gasteiger partial charge >= 0.3 is 0 Å². The molecule has 2 aromatic carbocycles. The summed E-state index contributed by atoms with van der Waals surface area (Å²) in [5, 5.41) is 9.60. The Bertz CT molecular complexity index is 1160. The fraction of sp³-hybridized carbons (Fsp3) is 0.500. The number of ether oxygens (including phenoxy) is 1. The minimum atomic E-state index is -0.900. The lowest BCUT2D eigenvalue weighted by atomic mass is 10.0. The summed E-state index contributed by atoms with van der Waals surface area (Å²) in [4.78, 5) is 41.3. The van der Waals surface area contributed by atoms with Gasteiger partial charge in [-0.1, -0.05) is 43.1 Å². The first kappa shape index (κ1) is 31.4. The molecule has 0 radical (unpaired) electrons. The van der Waals surface area contributed by atoms with Crippen molar-refractivity contribution in [2.24, 2.45) is 0 Å². The fourth-order valence-electron chi connectivity index (χ4n) is 4.60. The number of nitrogens with zero attached hydrogens (tertiary/aromatic N) is 1. The Hall–Kier alpha value is -3.17. The second-order valence-corrected chi connectivity index (χ2v) is 10.8. The molecule has 0 aromatic heterocycles. The van der Waals surface area contributed by atoms with E-state index in [1.54, 1.807) is 38.2 Å². The summed E-state index contributed by atoms with van der Waals surface area (Å²) in [5.74, 6) is -0.741. The number of rotatable bonds is 4. The number of hydrogen-bond acceptors (Lipinski definition) is 5. The Balaban J connectivity index is 1.87. The van der Waals surface area contributed by atoms with Gasteiger partial charge in [0, 0.05) is 31.6 Å². The first-order valence-electron chi connectivity index (χ1n) is 13.9. The molecule has 0 saturated carbocycles. The van der Waals surface area contributed by atoms with Crippen molar-refractivity contribution in [3.05, 3.63) is 64.4 Å². The highest BCUT2D eigenvalue weighted by Gasteiger charge is 2.31. The Morgan fingerprint density at radius 1 is 1.05 bits per heavy atom. The molecule has 1 heterocycles. The number of halogens is 2. The maximum atomic E-state index is 13.5. The molecule has 40 heavy (non-hydrogen) atoms. The van der Waals surface area contributed by atoms with Crippen LogP contribution in [-0.4, -0.2) is 67.0 Å². The number of fused-ring (bicyclic) bond motifs is 1. The highest BCUT2D eigenvalue weighted by atomic mass is 35.5. The number of aryl methyl sites for hydroxylation is 1. The third-order valence-corrected chi connectivity index (χ3v) is 7.34. The standard InChI is InChI=1S/C30H40ClFN4O4/c1-5-7-25-30(39)36(4)20(3)28(37)35-26(16-21-9-13-24(32)14-10-21)29(38)33-15-6-8-22-11-12-23(31)17-27(22)40-19(2)18-34-25/h9-14,17,19-20,25-26,34H,5-8,15-16,18H2,1-4H3,(H,33,38)(H,35,37)/t19-,20-,25+,26-/m1/s1. The van der Waals surface area contributed by atoms with Crippen LogP contribution >= 0.6 is 11.6 Å². The second kappa shape index (κ2) is 15.0.